The van der Waals surface area contributed by atoms with Crippen LogP contribution in [0.2, 0.25) is 0 Å². The molecule has 1 amide bonds. The average molecular weight is 276 g/mol. The molecule has 0 atom stereocenters. The van der Waals surface area contributed by atoms with E-state index in [9.17, 15) is 9.59 Å². The van der Waals surface area contributed by atoms with Crippen molar-refractivity contribution in [3.8, 4) is 11.5 Å². The van der Waals surface area contributed by atoms with Gasteiger partial charge in [0.15, 0.2) is 0 Å². The molecule has 3 heterocycles. The molecule has 0 saturated carbocycles. The molecule has 20 heavy (non-hydrogen) atoms. The molecule has 1 aliphatic rings. The number of nitrogens with zero attached hydrogens (tertiary/aromatic N) is 4. The van der Waals surface area contributed by atoms with Crippen LogP contribution in [-0.4, -0.2) is 51.9 Å². The molecule has 8 nitrogen and oxygen atoms in total. The van der Waals surface area contributed by atoms with Crippen LogP contribution in [0, 0.1) is 0 Å². The van der Waals surface area contributed by atoms with Crippen molar-refractivity contribution < 1.29 is 14.1 Å². The Kier molecular flexibility index (Phi) is 3.30. The van der Waals surface area contributed by atoms with Crippen molar-refractivity contribution in [2.24, 2.45) is 0 Å². The van der Waals surface area contributed by atoms with Gasteiger partial charge in [-0.05, 0) is 12.1 Å². The van der Waals surface area contributed by atoms with E-state index in [1.54, 1.807) is 24.4 Å². The fraction of sp³-hybridized carbons (Fsp3) is 0.333. The summed E-state index contributed by atoms with van der Waals surface area (Å²) in [5.74, 6) is -0.714. The molecule has 2 aromatic heterocycles. The number of carbonyl (C=O) groups is 1. The molecule has 3 rings (SSSR count). The molecule has 8 heteroatoms. The average Bonchev–Trinajstić information content (AvgIpc) is 2.90. The largest absolute Gasteiger partial charge is 0.450 e. The maximum atomic E-state index is 12.4. The van der Waals surface area contributed by atoms with Crippen molar-refractivity contribution in [1.29, 1.82) is 0 Å². The molecule has 0 bridgehead atoms. The van der Waals surface area contributed by atoms with Crippen LogP contribution >= 0.6 is 0 Å². The first-order valence-corrected chi connectivity index (χ1v) is 6.14. The Labute approximate surface area is 113 Å². The van der Waals surface area contributed by atoms with Gasteiger partial charge in [0.25, 0.3) is 0 Å². The Morgan fingerprint density at radius 2 is 2.05 bits per heavy atom. The molecule has 1 aliphatic heterocycles. The van der Waals surface area contributed by atoms with Gasteiger partial charge in [-0.15, -0.1) is 0 Å². The number of hydrogen-bond donors (Lipinski definition) is 0. The third-order valence-electron chi connectivity index (χ3n) is 2.97. The molecule has 0 aromatic carbocycles. The Hall–Kier alpha value is -2.48. The Morgan fingerprint density at radius 3 is 2.75 bits per heavy atom. The Balaban J connectivity index is 1.99. The summed E-state index contributed by atoms with van der Waals surface area (Å²) >= 11 is 0. The van der Waals surface area contributed by atoms with Crippen molar-refractivity contribution in [2.45, 2.75) is 0 Å². The first-order chi connectivity index (χ1) is 9.77. The number of pyridine rings is 1. The Morgan fingerprint density at radius 1 is 1.25 bits per heavy atom. The number of morpholine rings is 1. The van der Waals surface area contributed by atoms with E-state index in [2.05, 4.69) is 14.7 Å². The highest BCUT2D eigenvalue weighted by Crippen LogP contribution is 2.13. The maximum Gasteiger partial charge on any atom is 0.450 e. The summed E-state index contributed by atoms with van der Waals surface area (Å²) in [7, 11) is 0. The van der Waals surface area contributed by atoms with Crippen molar-refractivity contribution in [3.63, 3.8) is 0 Å². The van der Waals surface area contributed by atoms with Crippen LogP contribution in [0.5, 0.6) is 0 Å². The van der Waals surface area contributed by atoms with Gasteiger partial charge in [-0.2, -0.15) is 4.57 Å². The van der Waals surface area contributed by atoms with Crippen LogP contribution in [0.3, 0.4) is 0 Å². The number of amides is 1. The molecule has 0 spiro atoms. The first kappa shape index (κ1) is 12.5. The van der Waals surface area contributed by atoms with E-state index < -0.39 is 11.8 Å². The van der Waals surface area contributed by atoms with Crippen molar-refractivity contribution in [3.05, 3.63) is 34.9 Å². The van der Waals surface area contributed by atoms with Gasteiger partial charge >= 0.3 is 11.8 Å². The standard InChI is InChI=1S/C12H12N4O4/c17-11(15-5-7-19-8-6-15)16-10(14-20-12(16)18)9-3-1-2-4-13-9/h1-4H,5-8H2. The predicted octanol–water partition coefficient (Wildman–Crippen LogP) is 0.199. The van der Waals surface area contributed by atoms with Gasteiger partial charge in [0.1, 0.15) is 5.69 Å². The van der Waals surface area contributed by atoms with Gasteiger partial charge < -0.3 is 9.64 Å². The van der Waals surface area contributed by atoms with Gasteiger partial charge in [-0.3, -0.25) is 9.51 Å². The third-order valence-corrected chi connectivity index (χ3v) is 2.97. The summed E-state index contributed by atoms with van der Waals surface area (Å²) in [6.07, 6.45) is 1.55. The molecular weight excluding hydrogens is 264 g/mol. The summed E-state index contributed by atoms with van der Waals surface area (Å²) in [6, 6.07) is 4.65. The number of aromatic nitrogens is 3. The predicted molar refractivity (Wildman–Crippen MR) is 67.2 cm³/mol. The highest BCUT2D eigenvalue weighted by Gasteiger charge is 2.25. The summed E-state index contributed by atoms with van der Waals surface area (Å²) in [5.41, 5.74) is 0.403. The van der Waals surface area contributed by atoms with E-state index >= 15 is 0 Å². The molecule has 0 unspecified atom stereocenters. The van der Waals surface area contributed by atoms with Crippen molar-refractivity contribution in [2.75, 3.05) is 26.3 Å². The number of rotatable bonds is 1. The zero-order valence-electron chi connectivity index (χ0n) is 10.6. The second-order valence-electron chi connectivity index (χ2n) is 4.20. The number of hydrogen-bond acceptors (Lipinski definition) is 6. The molecule has 2 aromatic rings. The quantitative estimate of drug-likeness (QED) is 0.739. The van der Waals surface area contributed by atoms with Gasteiger partial charge in [-0.1, -0.05) is 11.2 Å². The van der Waals surface area contributed by atoms with Crippen LogP contribution in [0.25, 0.3) is 11.5 Å². The second-order valence-corrected chi connectivity index (χ2v) is 4.20. The van der Waals surface area contributed by atoms with Crippen molar-refractivity contribution >= 4 is 6.03 Å². The SMILES string of the molecule is O=C(N1CCOCC1)n1c(-c2ccccn2)noc1=O. The van der Waals surface area contributed by atoms with E-state index in [1.807, 2.05) is 0 Å². The van der Waals surface area contributed by atoms with Crippen LogP contribution in [-0.2, 0) is 4.74 Å². The Bertz CT molecular complexity index is 658. The normalized spacial score (nSPS) is 15.3. The first-order valence-electron chi connectivity index (χ1n) is 6.14. The lowest BCUT2D eigenvalue weighted by Crippen LogP contribution is -2.45. The van der Waals surface area contributed by atoms with Crippen LogP contribution in [0.4, 0.5) is 4.79 Å². The third kappa shape index (κ3) is 2.21. The van der Waals surface area contributed by atoms with E-state index in [-0.39, 0.29) is 5.82 Å². The highest BCUT2D eigenvalue weighted by molar-refractivity contribution is 5.80. The van der Waals surface area contributed by atoms with Crippen molar-refractivity contribution in [1.82, 2.24) is 19.6 Å². The smallest absolute Gasteiger partial charge is 0.378 e. The molecular formula is C12H12N4O4. The minimum Gasteiger partial charge on any atom is -0.378 e. The van der Waals surface area contributed by atoms with Crippen LogP contribution in [0.15, 0.2) is 33.7 Å². The summed E-state index contributed by atoms with van der Waals surface area (Å²) < 4.78 is 10.7. The van der Waals surface area contributed by atoms with Gasteiger partial charge in [0.05, 0.1) is 13.2 Å². The minimum absolute atomic E-state index is 0.104. The zero-order valence-corrected chi connectivity index (χ0v) is 10.6. The summed E-state index contributed by atoms with van der Waals surface area (Å²) in [4.78, 5) is 29.7. The highest BCUT2D eigenvalue weighted by atomic mass is 16.5. The van der Waals surface area contributed by atoms with Gasteiger partial charge in [-0.25, -0.2) is 9.59 Å². The second kappa shape index (κ2) is 5.25. The summed E-state index contributed by atoms with van der Waals surface area (Å²) in [5, 5.41) is 3.64. The number of ether oxygens (including phenoxy) is 1. The fourth-order valence-corrected chi connectivity index (χ4v) is 1.97. The van der Waals surface area contributed by atoms with E-state index in [1.165, 1.54) is 4.90 Å². The zero-order chi connectivity index (χ0) is 13.9. The molecule has 104 valence electrons. The van der Waals surface area contributed by atoms with E-state index in [0.29, 0.717) is 32.0 Å². The molecule has 1 saturated heterocycles. The van der Waals surface area contributed by atoms with Crippen LogP contribution < -0.4 is 5.76 Å². The number of carbonyl (C=O) groups excluding carboxylic acids is 1. The lowest BCUT2D eigenvalue weighted by atomic mass is 10.3. The molecule has 1 fully saturated rings. The van der Waals surface area contributed by atoms with E-state index in [0.717, 1.165) is 4.57 Å². The molecule has 0 radical (unpaired) electrons. The van der Waals surface area contributed by atoms with Gasteiger partial charge in [0, 0.05) is 19.3 Å². The van der Waals surface area contributed by atoms with Crippen LogP contribution in [0.1, 0.15) is 0 Å². The summed E-state index contributed by atoms with van der Waals surface area (Å²) in [6.45, 7) is 1.76. The lowest BCUT2D eigenvalue weighted by molar-refractivity contribution is 0.0532. The maximum absolute atomic E-state index is 12.4. The molecule has 0 aliphatic carbocycles. The topological polar surface area (TPSA) is 90.5 Å². The van der Waals surface area contributed by atoms with Gasteiger partial charge in [0.2, 0.25) is 5.82 Å². The van der Waals surface area contributed by atoms with E-state index in [4.69, 9.17) is 4.74 Å². The monoisotopic (exact) mass is 276 g/mol. The minimum atomic E-state index is -0.817. The molecule has 0 N–H and O–H groups in total. The lowest BCUT2D eigenvalue weighted by Gasteiger charge is -2.26. The fourth-order valence-electron chi connectivity index (χ4n) is 1.97.